The number of aromatic nitrogens is 3. The lowest BCUT2D eigenvalue weighted by atomic mass is 10.2. The normalized spacial score (nSPS) is 12.6. The van der Waals surface area contributed by atoms with Gasteiger partial charge in [0.15, 0.2) is 0 Å². The number of nitrogens with one attached hydrogen (secondary N) is 2. The van der Waals surface area contributed by atoms with E-state index in [4.69, 9.17) is 0 Å². The predicted octanol–water partition coefficient (Wildman–Crippen LogP) is 2.79. The van der Waals surface area contributed by atoms with Crippen LogP contribution in [-0.2, 0) is 11.3 Å². The van der Waals surface area contributed by atoms with Gasteiger partial charge in [0.1, 0.15) is 5.82 Å². The Bertz CT molecular complexity index is 550. The second-order valence-corrected chi connectivity index (χ2v) is 7.06. The molecule has 2 aromatic rings. The SMILES string of the molecule is CC(C)c1nc(S[C@H](C)C(=O)NCc2cccs2)n[nH]1. The van der Waals surface area contributed by atoms with Crippen LogP contribution < -0.4 is 5.32 Å². The van der Waals surface area contributed by atoms with Crippen LogP contribution in [0.1, 0.15) is 37.4 Å². The molecule has 108 valence electrons. The summed E-state index contributed by atoms with van der Waals surface area (Å²) in [6.45, 7) is 6.53. The molecule has 0 aromatic carbocycles. The van der Waals surface area contributed by atoms with Crippen LogP contribution >= 0.6 is 23.1 Å². The first-order chi connectivity index (χ1) is 9.56. The summed E-state index contributed by atoms with van der Waals surface area (Å²) in [5, 5.41) is 12.3. The maximum Gasteiger partial charge on any atom is 0.233 e. The third-order valence-electron chi connectivity index (χ3n) is 2.70. The fourth-order valence-electron chi connectivity index (χ4n) is 1.51. The molecule has 0 aliphatic rings. The van der Waals surface area contributed by atoms with Crippen LogP contribution in [0.2, 0.25) is 0 Å². The van der Waals surface area contributed by atoms with E-state index < -0.39 is 0 Å². The van der Waals surface area contributed by atoms with E-state index in [1.807, 2.05) is 38.3 Å². The summed E-state index contributed by atoms with van der Waals surface area (Å²) in [5.74, 6) is 1.15. The Balaban J connectivity index is 1.83. The molecule has 2 heterocycles. The van der Waals surface area contributed by atoms with Gasteiger partial charge in [-0.1, -0.05) is 31.7 Å². The summed E-state index contributed by atoms with van der Waals surface area (Å²) >= 11 is 3.00. The summed E-state index contributed by atoms with van der Waals surface area (Å²) in [7, 11) is 0. The summed E-state index contributed by atoms with van der Waals surface area (Å²) in [6.07, 6.45) is 0. The minimum Gasteiger partial charge on any atom is -0.350 e. The van der Waals surface area contributed by atoms with Crippen LogP contribution in [0, 0.1) is 0 Å². The first-order valence-corrected chi connectivity index (χ1v) is 8.21. The van der Waals surface area contributed by atoms with Crippen molar-refractivity contribution in [2.45, 2.75) is 43.6 Å². The number of amides is 1. The van der Waals surface area contributed by atoms with E-state index in [0.717, 1.165) is 10.7 Å². The van der Waals surface area contributed by atoms with Crippen LogP contribution in [0.4, 0.5) is 0 Å². The van der Waals surface area contributed by atoms with E-state index in [-0.39, 0.29) is 11.2 Å². The minimum atomic E-state index is -0.217. The molecule has 2 rings (SSSR count). The van der Waals surface area contributed by atoms with Gasteiger partial charge in [-0.05, 0) is 18.4 Å². The summed E-state index contributed by atoms with van der Waals surface area (Å²) < 4.78 is 0. The molecule has 0 radical (unpaired) electrons. The fraction of sp³-hybridized carbons (Fsp3) is 0.462. The Morgan fingerprint density at radius 1 is 1.50 bits per heavy atom. The van der Waals surface area contributed by atoms with Crippen LogP contribution in [-0.4, -0.2) is 26.3 Å². The standard InChI is InChI=1S/C13H18N4OS2/c1-8(2)11-15-13(17-16-11)20-9(3)12(18)14-7-10-5-4-6-19-10/h4-6,8-9H,7H2,1-3H3,(H,14,18)(H,15,16,17)/t9-/m1/s1. The number of thiophene rings is 1. The quantitative estimate of drug-likeness (QED) is 0.805. The Labute approximate surface area is 126 Å². The first kappa shape index (κ1) is 15.1. The zero-order chi connectivity index (χ0) is 14.5. The molecule has 1 atom stereocenters. The molecular formula is C13H18N4OS2. The lowest BCUT2D eigenvalue weighted by Gasteiger charge is -2.09. The third kappa shape index (κ3) is 4.08. The van der Waals surface area contributed by atoms with Crippen molar-refractivity contribution in [3.05, 3.63) is 28.2 Å². The van der Waals surface area contributed by atoms with Crippen LogP contribution in [0.15, 0.2) is 22.7 Å². The third-order valence-corrected chi connectivity index (χ3v) is 4.53. The van der Waals surface area contributed by atoms with Crippen molar-refractivity contribution >= 4 is 29.0 Å². The number of hydrogen-bond acceptors (Lipinski definition) is 5. The second-order valence-electron chi connectivity index (χ2n) is 4.72. The highest BCUT2D eigenvalue weighted by molar-refractivity contribution is 8.00. The van der Waals surface area contributed by atoms with Crippen molar-refractivity contribution in [2.24, 2.45) is 0 Å². The fourth-order valence-corrected chi connectivity index (χ4v) is 2.91. The van der Waals surface area contributed by atoms with Gasteiger partial charge in [0, 0.05) is 10.8 Å². The Morgan fingerprint density at radius 3 is 2.90 bits per heavy atom. The predicted molar refractivity (Wildman–Crippen MR) is 82.0 cm³/mol. The number of nitrogens with zero attached hydrogens (tertiary/aromatic N) is 2. The summed E-state index contributed by atoms with van der Waals surface area (Å²) in [4.78, 5) is 17.5. The Hall–Kier alpha value is -1.34. The van der Waals surface area contributed by atoms with Crippen LogP contribution in [0.5, 0.6) is 0 Å². The van der Waals surface area contributed by atoms with E-state index in [0.29, 0.717) is 17.6 Å². The van der Waals surface area contributed by atoms with Gasteiger partial charge in [0.25, 0.3) is 0 Å². The smallest absolute Gasteiger partial charge is 0.233 e. The molecule has 20 heavy (non-hydrogen) atoms. The van der Waals surface area contributed by atoms with Gasteiger partial charge >= 0.3 is 0 Å². The molecule has 0 fully saturated rings. The van der Waals surface area contributed by atoms with Crippen molar-refractivity contribution < 1.29 is 4.79 Å². The van der Waals surface area contributed by atoms with Crippen LogP contribution in [0.3, 0.4) is 0 Å². The molecule has 0 saturated heterocycles. The van der Waals surface area contributed by atoms with Gasteiger partial charge in [-0.3, -0.25) is 9.89 Å². The zero-order valence-corrected chi connectivity index (χ0v) is 13.3. The number of thioether (sulfide) groups is 1. The average Bonchev–Trinajstić information content (AvgIpc) is 3.06. The maximum absolute atomic E-state index is 12.0. The van der Waals surface area contributed by atoms with Crippen molar-refractivity contribution in [1.29, 1.82) is 0 Å². The summed E-state index contributed by atoms with van der Waals surface area (Å²) in [6, 6.07) is 3.98. The molecule has 0 aliphatic carbocycles. The average molecular weight is 310 g/mol. The highest BCUT2D eigenvalue weighted by atomic mass is 32.2. The van der Waals surface area contributed by atoms with Crippen molar-refractivity contribution in [1.82, 2.24) is 20.5 Å². The number of aromatic amines is 1. The number of rotatable bonds is 6. The highest BCUT2D eigenvalue weighted by Gasteiger charge is 2.17. The van der Waals surface area contributed by atoms with E-state index >= 15 is 0 Å². The van der Waals surface area contributed by atoms with Crippen molar-refractivity contribution in [3.63, 3.8) is 0 Å². The molecule has 2 N–H and O–H groups in total. The molecule has 0 spiro atoms. The molecule has 0 bridgehead atoms. The van der Waals surface area contributed by atoms with Gasteiger partial charge in [0.05, 0.1) is 11.8 Å². The Morgan fingerprint density at radius 2 is 2.30 bits per heavy atom. The van der Waals surface area contributed by atoms with E-state index in [9.17, 15) is 4.79 Å². The number of hydrogen-bond donors (Lipinski definition) is 2. The lowest BCUT2D eigenvalue weighted by molar-refractivity contribution is -0.120. The van der Waals surface area contributed by atoms with Gasteiger partial charge in [-0.25, -0.2) is 4.98 Å². The molecule has 0 unspecified atom stereocenters. The first-order valence-electron chi connectivity index (χ1n) is 6.45. The number of carbonyl (C=O) groups excluding carboxylic acids is 1. The molecule has 5 nitrogen and oxygen atoms in total. The topological polar surface area (TPSA) is 70.7 Å². The monoisotopic (exact) mass is 310 g/mol. The zero-order valence-electron chi connectivity index (χ0n) is 11.7. The number of H-pyrrole nitrogens is 1. The molecule has 2 aromatic heterocycles. The molecule has 0 saturated carbocycles. The van der Waals surface area contributed by atoms with Crippen molar-refractivity contribution in [2.75, 3.05) is 0 Å². The van der Waals surface area contributed by atoms with Gasteiger partial charge in [-0.2, -0.15) is 0 Å². The second kappa shape index (κ2) is 6.90. The molecule has 0 aliphatic heterocycles. The lowest BCUT2D eigenvalue weighted by Crippen LogP contribution is -2.30. The molecular weight excluding hydrogens is 292 g/mol. The minimum absolute atomic E-state index is 0.000651. The van der Waals surface area contributed by atoms with Gasteiger partial charge < -0.3 is 5.32 Å². The largest absolute Gasteiger partial charge is 0.350 e. The van der Waals surface area contributed by atoms with Crippen molar-refractivity contribution in [3.8, 4) is 0 Å². The van der Waals surface area contributed by atoms with E-state index in [1.165, 1.54) is 11.8 Å². The molecule has 7 heteroatoms. The highest BCUT2D eigenvalue weighted by Crippen LogP contribution is 2.21. The van der Waals surface area contributed by atoms with E-state index in [2.05, 4.69) is 20.5 Å². The maximum atomic E-state index is 12.0. The van der Waals surface area contributed by atoms with Gasteiger partial charge in [0.2, 0.25) is 11.1 Å². The van der Waals surface area contributed by atoms with Gasteiger partial charge in [-0.15, -0.1) is 16.4 Å². The van der Waals surface area contributed by atoms with E-state index in [1.54, 1.807) is 11.3 Å². The number of carbonyl (C=O) groups is 1. The Kier molecular flexibility index (Phi) is 5.19. The molecule has 1 amide bonds. The van der Waals surface area contributed by atoms with Crippen LogP contribution in [0.25, 0.3) is 0 Å². The summed E-state index contributed by atoms with van der Waals surface area (Å²) in [5.41, 5.74) is 0.